The minimum absolute atomic E-state index is 0.0456. The highest BCUT2D eigenvalue weighted by Gasteiger charge is 2.17. The highest BCUT2D eigenvalue weighted by molar-refractivity contribution is 5.99. The first-order chi connectivity index (χ1) is 15.7. The number of nitrogens with zero attached hydrogens (tertiary/aromatic N) is 3. The predicted octanol–water partition coefficient (Wildman–Crippen LogP) is 4.41. The van der Waals surface area contributed by atoms with E-state index in [0.717, 1.165) is 44.0 Å². The van der Waals surface area contributed by atoms with Crippen LogP contribution in [0.5, 0.6) is 0 Å². The number of anilines is 1. The van der Waals surface area contributed by atoms with Gasteiger partial charge in [-0.2, -0.15) is 5.10 Å². The molecule has 0 aromatic heterocycles. The second-order valence-electron chi connectivity index (χ2n) is 8.09. The third-order valence-corrected chi connectivity index (χ3v) is 5.91. The molecular weight excluding hydrogens is 396 g/mol. The molecule has 0 spiro atoms. The summed E-state index contributed by atoms with van der Waals surface area (Å²) in [6.45, 7) is 6.59. The van der Waals surface area contributed by atoms with Crippen molar-refractivity contribution in [3.63, 3.8) is 0 Å². The molecule has 1 amide bonds. The number of rotatable bonds is 7. The Morgan fingerprint density at radius 3 is 2.06 bits per heavy atom. The molecule has 5 nitrogen and oxygen atoms in total. The van der Waals surface area contributed by atoms with Gasteiger partial charge in [0.2, 0.25) is 5.91 Å². The lowest BCUT2D eigenvalue weighted by Crippen LogP contribution is -2.47. The number of para-hydroxylation sites is 1. The van der Waals surface area contributed by atoms with E-state index in [1.54, 1.807) is 0 Å². The lowest BCUT2D eigenvalue weighted by atomic mass is 10.0. The average Bonchev–Trinajstić information content (AvgIpc) is 2.87. The summed E-state index contributed by atoms with van der Waals surface area (Å²) in [7, 11) is 0. The molecule has 164 valence electrons. The van der Waals surface area contributed by atoms with E-state index in [9.17, 15) is 4.79 Å². The van der Waals surface area contributed by atoms with Gasteiger partial charge in [0.05, 0.1) is 5.71 Å². The molecule has 0 aliphatic carbocycles. The maximum Gasteiger partial charge on any atom is 0.241 e. The number of nitrogens with one attached hydrogen (secondary N) is 1. The maximum absolute atomic E-state index is 12.3. The molecule has 1 saturated heterocycles. The normalized spacial score (nSPS) is 14.9. The van der Waals surface area contributed by atoms with Crippen LogP contribution in [0.25, 0.3) is 11.1 Å². The van der Waals surface area contributed by atoms with Crippen molar-refractivity contribution < 1.29 is 4.79 Å². The zero-order chi connectivity index (χ0) is 22.2. The van der Waals surface area contributed by atoms with Crippen LogP contribution in [-0.4, -0.2) is 49.2 Å². The molecule has 0 saturated carbocycles. The van der Waals surface area contributed by atoms with E-state index in [2.05, 4.69) is 68.9 Å². The van der Waals surface area contributed by atoms with Gasteiger partial charge in [0.1, 0.15) is 0 Å². The summed E-state index contributed by atoms with van der Waals surface area (Å²) in [5.74, 6) is -0.0456. The smallest absolute Gasteiger partial charge is 0.241 e. The zero-order valence-corrected chi connectivity index (χ0v) is 18.6. The van der Waals surface area contributed by atoms with Crippen molar-refractivity contribution in [3.8, 4) is 11.1 Å². The SMILES string of the molecule is C/C(=N/NC(=O)CCN1CCN(c2ccccc2)CC1)c1ccc(-c2ccccc2)cc1. The first-order valence-corrected chi connectivity index (χ1v) is 11.2. The van der Waals surface area contributed by atoms with Gasteiger partial charge < -0.3 is 4.90 Å². The molecule has 1 heterocycles. The fourth-order valence-electron chi connectivity index (χ4n) is 3.93. The van der Waals surface area contributed by atoms with E-state index in [1.165, 1.54) is 16.8 Å². The summed E-state index contributed by atoms with van der Waals surface area (Å²) in [5.41, 5.74) is 8.14. The number of hydrogen-bond donors (Lipinski definition) is 1. The van der Waals surface area contributed by atoms with Gasteiger partial charge in [-0.15, -0.1) is 0 Å². The molecule has 3 aromatic carbocycles. The van der Waals surface area contributed by atoms with Gasteiger partial charge in [-0.05, 0) is 35.7 Å². The van der Waals surface area contributed by atoms with Gasteiger partial charge >= 0.3 is 0 Å². The van der Waals surface area contributed by atoms with Crippen LogP contribution in [-0.2, 0) is 4.79 Å². The van der Waals surface area contributed by atoms with Gasteiger partial charge in [0.25, 0.3) is 0 Å². The Labute approximate surface area is 190 Å². The average molecular weight is 427 g/mol. The molecule has 32 heavy (non-hydrogen) atoms. The van der Waals surface area contributed by atoms with Crippen LogP contribution < -0.4 is 10.3 Å². The number of benzene rings is 3. The number of piperazine rings is 1. The highest BCUT2D eigenvalue weighted by atomic mass is 16.2. The fourth-order valence-corrected chi connectivity index (χ4v) is 3.93. The molecule has 5 heteroatoms. The standard InChI is InChI=1S/C27H30N4O/c1-22(23-12-14-25(15-13-23)24-8-4-2-5-9-24)28-29-27(32)16-17-30-18-20-31(21-19-30)26-10-6-3-7-11-26/h2-15H,16-21H2,1H3,(H,29,32)/b28-22-. The Bertz CT molecular complexity index is 1020. The van der Waals surface area contributed by atoms with Crippen molar-refractivity contribution in [2.24, 2.45) is 5.10 Å². The van der Waals surface area contributed by atoms with Crippen LogP contribution in [0.1, 0.15) is 18.9 Å². The summed E-state index contributed by atoms with van der Waals surface area (Å²) in [4.78, 5) is 17.0. The van der Waals surface area contributed by atoms with Crippen molar-refractivity contribution in [1.82, 2.24) is 10.3 Å². The Kier molecular flexibility index (Phi) is 7.31. The van der Waals surface area contributed by atoms with Crippen LogP contribution in [0.4, 0.5) is 5.69 Å². The molecule has 1 fully saturated rings. The molecule has 0 radical (unpaired) electrons. The lowest BCUT2D eigenvalue weighted by molar-refractivity contribution is -0.121. The van der Waals surface area contributed by atoms with Crippen LogP contribution in [0.15, 0.2) is 90.0 Å². The first-order valence-electron chi connectivity index (χ1n) is 11.2. The summed E-state index contributed by atoms with van der Waals surface area (Å²) < 4.78 is 0. The van der Waals surface area contributed by atoms with E-state index < -0.39 is 0 Å². The minimum Gasteiger partial charge on any atom is -0.369 e. The van der Waals surface area contributed by atoms with Crippen molar-refractivity contribution in [3.05, 3.63) is 90.5 Å². The number of hydrazone groups is 1. The van der Waals surface area contributed by atoms with E-state index in [-0.39, 0.29) is 5.91 Å². The molecule has 0 unspecified atom stereocenters. The number of carbonyl (C=O) groups is 1. The van der Waals surface area contributed by atoms with Gasteiger partial charge in [-0.3, -0.25) is 9.69 Å². The quantitative estimate of drug-likeness (QED) is 0.450. The second kappa shape index (κ2) is 10.7. The van der Waals surface area contributed by atoms with E-state index in [4.69, 9.17) is 0 Å². The molecule has 1 N–H and O–H groups in total. The number of amides is 1. The molecule has 1 aliphatic rings. The van der Waals surface area contributed by atoms with E-state index >= 15 is 0 Å². The number of carbonyl (C=O) groups excluding carboxylic acids is 1. The maximum atomic E-state index is 12.3. The Hall–Kier alpha value is -3.44. The second-order valence-corrected chi connectivity index (χ2v) is 8.09. The Balaban J connectivity index is 1.21. The third-order valence-electron chi connectivity index (χ3n) is 5.91. The van der Waals surface area contributed by atoms with Crippen molar-refractivity contribution in [1.29, 1.82) is 0 Å². The topological polar surface area (TPSA) is 47.9 Å². The fraction of sp³-hybridized carbons (Fsp3) is 0.259. The summed E-state index contributed by atoms with van der Waals surface area (Å²) >= 11 is 0. The lowest BCUT2D eigenvalue weighted by Gasteiger charge is -2.36. The predicted molar refractivity (Wildman–Crippen MR) is 132 cm³/mol. The van der Waals surface area contributed by atoms with E-state index in [0.29, 0.717) is 6.42 Å². The van der Waals surface area contributed by atoms with Crippen molar-refractivity contribution >= 4 is 17.3 Å². The van der Waals surface area contributed by atoms with E-state index in [1.807, 2.05) is 43.3 Å². The minimum atomic E-state index is -0.0456. The number of hydrogen-bond acceptors (Lipinski definition) is 4. The monoisotopic (exact) mass is 426 g/mol. The van der Waals surface area contributed by atoms with Crippen LogP contribution in [0, 0.1) is 0 Å². The van der Waals surface area contributed by atoms with Crippen molar-refractivity contribution in [2.45, 2.75) is 13.3 Å². The van der Waals surface area contributed by atoms with Gasteiger partial charge in [-0.25, -0.2) is 5.43 Å². The van der Waals surface area contributed by atoms with Crippen molar-refractivity contribution in [2.75, 3.05) is 37.6 Å². The Morgan fingerprint density at radius 2 is 1.41 bits per heavy atom. The summed E-state index contributed by atoms with van der Waals surface area (Å²) in [6, 6.07) is 29.0. The highest BCUT2D eigenvalue weighted by Crippen LogP contribution is 2.19. The molecule has 0 atom stereocenters. The van der Waals surface area contributed by atoms with Crippen LogP contribution in [0.2, 0.25) is 0 Å². The first kappa shape index (κ1) is 21.8. The molecular formula is C27H30N4O. The molecule has 4 rings (SSSR count). The molecule has 0 bridgehead atoms. The van der Waals surface area contributed by atoms with Gasteiger partial charge in [0.15, 0.2) is 0 Å². The Morgan fingerprint density at radius 1 is 0.812 bits per heavy atom. The van der Waals surface area contributed by atoms with Crippen LogP contribution in [0.3, 0.4) is 0 Å². The van der Waals surface area contributed by atoms with Crippen LogP contribution >= 0.6 is 0 Å². The summed E-state index contributed by atoms with van der Waals surface area (Å²) in [5, 5.41) is 4.30. The van der Waals surface area contributed by atoms with Gasteiger partial charge in [-0.1, -0.05) is 72.8 Å². The largest absolute Gasteiger partial charge is 0.369 e. The molecule has 1 aliphatic heterocycles. The zero-order valence-electron chi connectivity index (χ0n) is 18.6. The van der Waals surface area contributed by atoms with Gasteiger partial charge in [0, 0.05) is 44.8 Å². The molecule has 3 aromatic rings. The summed E-state index contributed by atoms with van der Waals surface area (Å²) in [6.07, 6.45) is 0.453. The third kappa shape index (κ3) is 5.83.